The Morgan fingerprint density at radius 3 is 2.53 bits per heavy atom. The predicted molar refractivity (Wildman–Crippen MR) is 71.3 cm³/mol. The van der Waals surface area contributed by atoms with Crippen LogP contribution in [0, 0.1) is 5.82 Å². The fourth-order valence-corrected chi connectivity index (χ4v) is 4.07. The largest absolute Gasteiger partial charge is 0.375 e. The summed E-state index contributed by atoms with van der Waals surface area (Å²) in [4.78, 5) is 0.337. The van der Waals surface area contributed by atoms with Crippen molar-refractivity contribution < 1.29 is 12.8 Å². The number of nitrogens with one attached hydrogen (secondary N) is 1. The maximum Gasteiger partial charge on any atom is 0.181 e. The lowest BCUT2D eigenvalue weighted by Crippen LogP contribution is -2.13. The quantitative estimate of drug-likeness (QED) is 0.918. The Balaban J connectivity index is 1.99. The number of benzene rings is 2. The zero-order valence-electron chi connectivity index (χ0n) is 10.0. The molecule has 1 N–H and O–H groups in total. The summed E-state index contributed by atoms with van der Waals surface area (Å²) in [7, 11) is -3.27. The Hall–Kier alpha value is -1.88. The van der Waals surface area contributed by atoms with E-state index < -0.39 is 15.9 Å². The first-order chi connectivity index (χ1) is 9.08. The van der Waals surface area contributed by atoms with Crippen LogP contribution in [0.1, 0.15) is 11.6 Å². The number of anilines is 1. The normalized spacial score (nSPS) is 19.9. The molecular formula is C14H12FNO2S. The highest BCUT2D eigenvalue weighted by Gasteiger charge is 2.34. The number of hydrogen-bond donors (Lipinski definition) is 1. The smallest absolute Gasteiger partial charge is 0.181 e. The van der Waals surface area contributed by atoms with Gasteiger partial charge in [-0.15, -0.1) is 0 Å². The molecule has 3 rings (SSSR count). The van der Waals surface area contributed by atoms with Crippen molar-refractivity contribution in [2.45, 2.75) is 10.9 Å². The van der Waals surface area contributed by atoms with Crippen LogP contribution in [0.4, 0.5) is 10.1 Å². The van der Waals surface area contributed by atoms with E-state index in [2.05, 4.69) is 5.32 Å². The lowest BCUT2D eigenvalue weighted by atomic mass is 10.1. The Bertz CT molecular complexity index is 728. The molecule has 1 aliphatic heterocycles. The summed E-state index contributed by atoms with van der Waals surface area (Å²) in [5.41, 5.74) is 1.02. The first-order valence-corrected chi connectivity index (χ1v) is 7.56. The molecule has 0 fully saturated rings. The number of sulfone groups is 1. The SMILES string of the molecule is O=S1(=O)CC(Nc2ccccc2F)c2ccccc21. The van der Waals surface area contributed by atoms with E-state index in [1.165, 1.54) is 6.07 Å². The van der Waals surface area contributed by atoms with Crippen molar-refractivity contribution in [1.82, 2.24) is 0 Å². The van der Waals surface area contributed by atoms with Gasteiger partial charge in [0.15, 0.2) is 9.84 Å². The molecule has 0 bridgehead atoms. The zero-order valence-corrected chi connectivity index (χ0v) is 10.8. The Morgan fingerprint density at radius 1 is 1.05 bits per heavy atom. The Morgan fingerprint density at radius 2 is 1.74 bits per heavy atom. The van der Waals surface area contributed by atoms with Crippen LogP contribution in [0.15, 0.2) is 53.4 Å². The summed E-state index contributed by atoms with van der Waals surface area (Å²) in [6.07, 6.45) is 0. The van der Waals surface area contributed by atoms with Crippen molar-refractivity contribution in [3.63, 3.8) is 0 Å². The summed E-state index contributed by atoms with van der Waals surface area (Å²) < 4.78 is 37.6. The van der Waals surface area contributed by atoms with Crippen LogP contribution in [0.3, 0.4) is 0 Å². The second-order valence-electron chi connectivity index (χ2n) is 4.50. The monoisotopic (exact) mass is 277 g/mol. The molecule has 1 aliphatic rings. The lowest BCUT2D eigenvalue weighted by Gasteiger charge is -2.14. The minimum atomic E-state index is -3.27. The molecule has 1 heterocycles. The van der Waals surface area contributed by atoms with E-state index in [-0.39, 0.29) is 11.6 Å². The Labute approximate surface area is 111 Å². The minimum Gasteiger partial charge on any atom is -0.375 e. The van der Waals surface area contributed by atoms with Gasteiger partial charge in [-0.2, -0.15) is 0 Å². The topological polar surface area (TPSA) is 46.2 Å². The first-order valence-electron chi connectivity index (χ1n) is 5.91. The fourth-order valence-electron chi connectivity index (χ4n) is 2.34. The number of para-hydroxylation sites is 1. The van der Waals surface area contributed by atoms with Crippen LogP contribution in [0.25, 0.3) is 0 Å². The number of rotatable bonds is 2. The van der Waals surface area contributed by atoms with Gasteiger partial charge in [0.2, 0.25) is 0 Å². The third-order valence-corrected chi connectivity index (χ3v) is 5.03. The molecule has 1 unspecified atom stereocenters. The van der Waals surface area contributed by atoms with Crippen LogP contribution in [0.2, 0.25) is 0 Å². The van der Waals surface area contributed by atoms with Crippen LogP contribution in [-0.2, 0) is 9.84 Å². The molecule has 2 aromatic rings. The number of fused-ring (bicyclic) bond motifs is 1. The molecule has 0 radical (unpaired) electrons. The van der Waals surface area contributed by atoms with E-state index in [1.54, 1.807) is 42.5 Å². The molecule has 0 spiro atoms. The molecular weight excluding hydrogens is 265 g/mol. The van der Waals surface area contributed by atoms with Crippen LogP contribution in [0.5, 0.6) is 0 Å². The third kappa shape index (κ3) is 2.10. The van der Waals surface area contributed by atoms with Crippen molar-refractivity contribution in [2.24, 2.45) is 0 Å². The number of hydrogen-bond acceptors (Lipinski definition) is 3. The molecule has 19 heavy (non-hydrogen) atoms. The Kier molecular flexibility index (Phi) is 2.78. The molecule has 0 aromatic heterocycles. The average Bonchev–Trinajstić information content (AvgIpc) is 2.65. The lowest BCUT2D eigenvalue weighted by molar-refractivity contribution is 0.598. The maximum atomic E-state index is 13.6. The highest BCUT2D eigenvalue weighted by atomic mass is 32.2. The molecule has 1 atom stereocenters. The van der Waals surface area contributed by atoms with Gasteiger partial charge in [-0.25, -0.2) is 12.8 Å². The van der Waals surface area contributed by atoms with Crippen LogP contribution in [-0.4, -0.2) is 14.2 Å². The number of halogens is 1. The first kappa shape index (κ1) is 12.2. The van der Waals surface area contributed by atoms with E-state index in [4.69, 9.17) is 0 Å². The molecule has 5 heteroatoms. The summed E-state index contributed by atoms with van der Waals surface area (Å²) in [5.74, 6) is -0.426. The summed E-state index contributed by atoms with van der Waals surface area (Å²) >= 11 is 0. The van der Waals surface area contributed by atoms with Gasteiger partial charge in [-0.05, 0) is 23.8 Å². The van der Waals surface area contributed by atoms with Gasteiger partial charge in [0.1, 0.15) is 5.82 Å². The van der Waals surface area contributed by atoms with E-state index in [1.807, 2.05) is 0 Å². The highest BCUT2D eigenvalue weighted by molar-refractivity contribution is 7.91. The molecule has 0 aliphatic carbocycles. The van der Waals surface area contributed by atoms with E-state index >= 15 is 0 Å². The fraction of sp³-hybridized carbons (Fsp3) is 0.143. The third-order valence-electron chi connectivity index (χ3n) is 3.22. The van der Waals surface area contributed by atoms with Gasteiger partial charge in [0.05, 0.1) is 22.4 Å². The van der Waals surface area contributed by atoms with Crippen LogP contribution >= 0.6 is 0 Å². The van der Waals surface area contributed by atoms with Crippen molar-refractivity contribution in [3.8, 4) is 0 Å². The molecule has 98 valence electrons. The second-order valence-corrected chi connectivity index (χ2v) is 6.50. The molecule has 3 nitrogen and oxygen atoms in total. The van der Waals surface area contributed by atoms with E-state index in [9.17, 15) is 12.8 Å². The molecule has 0 amide bonds. The van der Waals surface area contributed by atoms with Crippen molar-refractivity contribution in [2.75, 3.05) is 11.1 Å². The van der Waals surface area contributed by atoms with Crippen molar-refractivity contribution in [3.05, 3.63) is 59.9 Å². The van der Waals surface area contributed by atoms with Crippen molar-refractivity contribution >= 4 is 15.5 Å². The summed E-state index contributed by atoms with van der Waals surface area (Å²) in [6, 6.07) is 12.7. The highest BCUT2D eigenvalue weighted by Crippen LogP contribution is 2.35. The molecule has 0 saturated heterocycles. The van der Waals surface area contributed by atoms with E-state index in [0.717, 1.165) is 0 Å². The van der Waals surface area contributed by atoms with Crippen molar-refractivity contribution in [1.29, 1.82) is 0 Å². The van der Waals surface area contributed by atoms with Gasteiger partial charge in [0, 0.05) is 0 Å². The van der Waals surface area contributed by atoms with Gasteiger partial charge in [-0.1, -0.05) is 30.3 Å². The molecule has 2 aromatic carbocycles. The maximum absolute atomic E-state index is 13.6. The summed E-state index contributed by atoms with van der Waals surface area (Å²) in [5, 5.41) is 2.97. The van der Waals surface area contributed by atoms with Gasteiger partial charge in [-0.3, -0.25) is 0 Å². The molecule has 0 saturated carbocycles. The second kappa shape index (κ2) is 4.35. The van der Waals surface area contributed by atoms with Gasteiger partial charge < -0.3 is 5.32 Å². The summed E-state index contributed by atoms with van der Waals surface area (Å²) in [6.45, 7) is 0. The minimum absolute atomic E-state index is 0.0410. The van der Waals surface area contributed by atoms with Crippen LogP contribution < -0.4 is 5.32 Å². The predicted octanol–water partition coefficient (Wildman–Crippen LogP) is 2.77. The van der Waals surface area contributed by atoms with Gasteiger partial charge in [0.25, 0.3) is 0 Å². The zero-order chi connectivity index (χ0) is 13.5. The average molecular weight is 277 g/mol. The van der Waals surface area contributed by atoms with Gasteiger partial charge >= 0.3 is 0 Å². The standard InChI is InChI=1S/C14H12FNO2S/c15-11-6-2-3-7-12(11)16-13-9-19(17,18)14-8-4-1-5-10(13)14/h1-8,13,16H,9H2. The van der Waals surface area contributed by atoms with E-state index in [0.29, 0.717) is 16.1 Å².